The van der Waals surface area contributed by atoms with E-state index in [0.717, 1.165) is 0 Å². The molecule has 0 fully saturated rings. The van der Waals surface area contributed by atoms with Crippen molar-refractivity contribution in [3.63, 3.8) is 0 Å². The van der Waals surface area contributed by atoms with E-state index >= 15 is 0 Å². The van der Waals surface area contributed by atoms with Crippen molar-refractivity contribution in [3.8, 4) is 0 Å². The van der Waals surface area contributed by atoms with Crippen molar-refractivity contribution in [3.05, 3.63) is 0 Å². The molecular formula is AgCdGaS2Se. The van der Waals surface area contributed by atoms with E-state index in [4.69, 9.17) is 0 Å². The Kier molecular flexibility index (Phi) is 362. The molecule has 0 saturated carbocycles. The zero-order valence-corrected chi connectivity index (χ0v) is 14.1. The molecule has 0 spiro atoms. The van der Waals surface area contributed by atoms with Crippen molar-refractivity contribution in [1.29, 1.82) is 0 Å². The Morgan fingerprint density at radius 1 is 0.833 bits per heavy atom. The summed E-state index contributed by atoms with van der Waals surface area (Å²) in [6.45, 7) is 0. The summed E-state index contributed by atoms with van der Waals surface area (Å²) in [5.74, 6) is 0. The Labute approximate surface area is 111 Å². The first-order valence-corrected chi connectivity index (χ1v) is 0. The topological polar surface area (TPSA) is 0 Å². The van der Waals surface area contributed by atoms with Crippen LogP contribution in [0.2, 0.25) is 0 Å². The van der Waals surface area contributed by atoms with Crippen LogP contribution in [0.4, 0.5) is 0 Å². The minimum Gasteiger partial charge on any atom is 0 e. The van der Waals surface area contributed by atoms with Crippen LogP contribution < -0.4 is 0 Å². The molecule has 34 valence electrons. The first-order chi connectivity index (χ1) is 0. The fourth-order valence-corrected chi connectivity index (χ4v) is 0. The summed E-state index contributed by atoms with van der Waals surface area (Å²) >= 11 is 0. The van der Waals surface area contributed by atoms with E-state index < -0.39 is 0 Å². The van der Waals surface area contributed by atoms with Gasteiger partial charge in [-0.05, 0) is 0 Å². The third-order valence-electron chi connectivity index (χ3n) is 0. The van der Waals surface area contributed by atoms with Gasteiger partial charge in [0.15, 0.2) is 0 Å². The van der Waals surface area contributed by atoms with Gasteiger partial charge in [-0.2, -0.15) is 0 Å². The van der Waals surface area contributed by atoms with Crippen LogP contribution in [0.25, 0.3) is 0 Å². The second kappa shape index (κ2) is 38.9. The summed E-state index contributed by atoms with van der Waals surface area (Å²) in [7, 11) is 0. The van der Waals surface area contributed by atoms with Crippen LogP contribution in [0.1, 0.15) is 0 Å². The van der Waals surface area contributed by atoms with E-state index in [2.05, 4.69) is 0 Å². The molecule has 0 unspecified atom stereocenters. The van der Waals surface area contributed by atoms with E-state index in [1.165, 1.54) is 0 Å². The van der Waals surface area contributed by atoms with Crippen molar-refractivity contribution < 1.29 is 49.7 Å². The van der Waals surface area contributed by atoms with Crippen molar-refractivity contribution in [2.45, 2.75) is 0 Å². The molecule has 6 heavy (non-hydrogen) atoms. The molecule has 0 aliphatic rings. The van der Waals surface area contributed by atoms with Crippen LogP contribution >= 0.6 is 27.0 Å². The molecule has 0 aromatic heterocycles. The van der Waals surface area contributed by atoms with E-state index in [-0.39, 0.29) is 114 Å². The maximum atomic E-state index is 0. The van der Waals surface area contributed by atoms with Crippen molar-refractivity contribution in [1.82, 2.24) is 0 Å². The second-order valence-corrected chi connectivity index (χ2v) is 0. The zero-order valence-electron chi connectivity index (χ0n) is 2.81. The first kappa shape index (κ1) is 55.8. The van der Waals surface area contributed by atoms with E-state index in [0.29, 0.717) is 0 Å². The monoisotopic (exact) mass is 434 g/mol. The largest absolute Gasteiger partial charge is 0 e. The Balaban J connectivity index is 0. The van der Waals surface area contributed by atoms with Crippen molar-refractivity contribution in [2.24, 2.45) is 0 Å². The van der Waals surface area contributed by atoms with Gasteiger partial charge in [0.1, 0.15) is 0 Å². The fraction of sp³-hybridized carbons (Fsp3) is 0. The van der Waals surface area contributed by atoms with E-state index in [1.807, 2.05) is 0 Å². The van der Waals surface area contributed by atoms with Gasteiger partial charge in [0.2, 0.25) is 0 Å². The second-order valence-electron chi connectivity index (χ2n) is 0. The van der Waals surface area contributed by atoms with Gasteiger partial charge in [-0.1, -0.05) is 0 Å². The molecular weight excluding hydrogens is 433 g/mol. The standard InChI is InChI=1S/Ag.Cd.Ga.2S.Se. The summed E-state index contributed by atoms with van der Waals surface area (Å²) < 4.78 is 0. The van der Waals surface area contributed by atoms with Gasteiger partial charge in [-0.3, -0.25) is 0 Å². The summed E-state index contributed by atoms with van der Waals surface area (Å²) in [5, 5.41) is 0. The third-order valence-corrected chi connectivity index (χ3v) is 0. The van der Waals surface area contributed by atoms with E-state index in [1.54, 1.807) is 0 Å². The van der Waals surface area contributed by atoms with Gasteiger partial charge in [0.05, 0.1) is 0 Å². The minimum atomic E-state index is 0. The minimum absolute atomic E-state index is 0. The molecule has 0 saturated heterocycles. The van der Waals surface area contributed by atoms with Crippen LogP contribution in [0.5, 0.6) is 0 Å². The Morgan fingerprint density at radius 2 is 0.833 bits per heavy atom. The molecule has 0 aromatic rings. The summed E-state index contributed by atoms with van der Waals surface area (Å²) in [4.78, 5) is 0. The van der Waals surface area contributed by atoms with Gasteiger partial charge >= 0.3 is 0 Å². The first-order valence-electron chi connectivity index (χ1n) is 0. The average molecular weight is 433 g/mol. The molecule has 6 heteroatoms. The molecule has 0 aliphatic carbocycles. The fourth-order valence-electron chi connectivity index (χ4n) is 0. The van der Waals surface area contributed by atoms with Crippen LogP contribution in [0.15, 0.2) is 0 Å². The molecule has 0 amide bonds. The maximum Gasteiger partial charge on any atom is 0 e. The van der Waals surface area contributed by atoms with Crippen LogP contribution in [-0.4, -0.2) is 36.9 Å². The Hall–Kier alpha value is 3.52. The molecule has 0 bridgehead atoms. The molecule has 0 rings (SSSR count). The number of hydrogen-bond donors (Lipinski definition) is 0. The number of hydrogen-bond acceptors (Lipinski definition) is 0. The molecule has 0 heterocycles. The molecule has 0 atom stereocenters. The molecule has 10 radical (unpaired) electrons. The van der Waals surface area contributed by atoms with Gasteiger partial charge in [0.25, 0.3) is 0 Å². The van der Waals surface area contributed by atoms with E-state index in [9.17, 15) is 0 Å². The van der Waals surface area contributed by atoms with Gasteiger partial charge in [0, 0.05) is 114 Å². The summed E-state index contributed by atoms with van der Waals surface area (Å²) in [6.07, 6.45) is 0. The predicted molar refractivity (Wildman–Crippen MR) is 26.7 cm³/mol. The van der Waals surface area contributed by atoms with Gasteiger partial charge in [-0.25, -0.2) is 0 Å². The predicted octanol–water partition coefficient (Wildman–Crippen LogP) is 0.530. The quantitative estimate of drug-likeness (QED) is 0.490. The summed E-state index contributed by atoms with van der Waals surface area (Å²) in [6, 6.07) is 0. The SMILES string of the molecule is [Ag].[Cd].[Ga].[S].[S].[Se]. The number of rotatable bonds is 0. The summed E-state index contributed by atoms with van der Waals surface area (Å²) in [5.41, 5.74) is 0. The van der Waals surface area contributed by atoms with Crippen LogP contribution in [0, 0.1) is 0 Å². The third kappa shape index (κ3) is 25.8. The zero-order chi connectivity index (χ0) is 0. The average Bonchev–Trinajstić information content (AvgIpc) is 0. The Morgan fingerprint density at radius 3 is 0.833 bits per heavy atom. The molecule has 0 aliphatic heterocycles. The smallest absolute Gasteiger partial charge is 0 e. The van der Waals surface area contributed by atoms with Crippen molar-refractivity contribution >= 4 is 63.9 Å². The van der Waals surface area contributed by atoms with Crippen LogP contribution in [0.3, 0.4) is 0 Å². The van der Waals surface area contributed by atoms with Gasteiger partial charge < -0.3 is 0 Å². The molecule has 0 aromatic carbocycles. The van der Waals surface area contributed by atoms with Crippen molar-refractivity contribution in [2.75, 3.05) is 0 Å². The molecule has 0 N–H and O–H groups in total. The normalized spacial score (nSPS) is 0. The maximum absolute atomic E-state index is 0. The van der Waals surface area contributed by atoms with Crippen LogP contribution in [-0.2, 0) is 49.7 Å². The van der Waals surface area contributed by atoms with Gasteiger partial charge in [-0.15, -0.1) is 0 Å². The molecule has 0 nitrogen and oxygen atoms in total. The Bertz CT molecular complexity index is 13.5.